The first-order valence-corrected chi connectivity index (χ1v) is 7.88. The van der Waals surface area contributed by atoms with Gasteiger partial charge in [0.15, 0.2) is 0 Å². The number of pyridine rings is 1. The molecule has 2 fully saturated rings. The lowest BCUT2D eigenvalue weighted by Crippen LogP contribution is -2.37. The third kappa shape index (κ3) is 4.82. The van der Waals surface area contributed by atoms with E-state index in [1.165, 1.54) is 6.20 Å². The van der Waals surface area contributed by atoms with E-state index < -0.39 is 0 Å². The molecule has 0 aromatic carbocycles. The molecule has 3 N–H and O–H groups in total. The molecule has 0 radical (unpaired) electrons. The van der Waals surface area contributed by atoms with Crippen molar-refractivity contribution in [1.29, 1.82) is 0 Å². The molecule has 1 saturated heterocycles. The first kappa shape index (κ1) is 20.7. The van der Waals surface area contributed by atoms with E-state index >= 15 is 0 Å². The van der Waals surface area contributed by atoms with E-state index in [1.807, 2.05) is 0 Å². The van der Waals surface area contributed by atoms with Crippen LogP contribution in [0.1, 0.15) is 29.6 Å². The van der Waals surface area contributed by atoms with Gasteiger partial charge in [0.2, 0.25) is 5.91 Å². The van der Waals surface area contributed by atoms with Crippen LogP contribution in [0.2, 0.25) is 0 Å². The number of nitrogens with one attached hydrogen (secondary N) is 3. The van der Waals surface area contributed by atoms with E-state index in [0.717, 1.165) is 32.4 Å². The topological polar surface area (TPSA) is 83.1 Å². The van der Waals surface area contributed by atoms with Crippen LogP contribution in [0.3, 0.4) is 0 Å². The number of carbonyl (C=O) groups excluding carboxylic acids is 2. The lowest BCUT2D eigenvalue weighted by molar-refractivity contribution is -0.123. The summed E-state index contributed by atoms with van der Waals surface area (Å²) in [5.41, 5.74) is 0.790. The van der Waals surface area contributed by atoms with Gasteiger partial charge in [0, 0.05) is 31.4 Å². The van der Waals surface area contributed by atoms with Crippen LogP contribution in [0.5, 0.6) is 0 Å². The van der Waals surface area contributed by atoms with Crippen LogP contribution in [0, 0.1) is 11.3 Å². The molecule has 2 amide bonds. The zero-order valence-corrected chi connectivity index (χ0v) is 15.0. The Labute approximate surface area is 154 Å². The molecular formula is C16H24Cl2N4O2. The number of piperidine rings is 1. The van der Waals surface area contributed by atoms with E-state index in [0.29, 0.717) is 18.7 Å². The molecule has 24 heavy (non-hydrogen) atoms. The Morgan fingerprint density at radius 2 is 1.92 bits per heavy atom. The maximum absolute atomic E-state index is 12.1. The molecule has 1 spiro atoms. The fourth-order valence-corrected chi connectivity index (χ4v) is 3.28. The first-order valence-electron chi connectivity index (χ1n) is 7.88. The van der Waals surface area contributed by atoms with Crippen molar-refractivity contribution in [2.75, 3.05) is 26.2 Å². The summed E-state index contributed by atoms with van der Waals surface area (Å²) in [5, 5.41) is 9.05. The molecule has 1 aliphatic heterocycles. The predicted molar refractivity (Wildman–Crippen MR) is 96.7 cm³/mol. The number of hydrogen-bond donors (Lipinski definition) is 3. The van der Waals surface area contributed by atoms with Gasteiger partial charge in [0.25, 0.3) is 5.91 Å². The normalized spacial score (nSPS) is 20.2. The van der Waals surface area contributed by atoms with E-state index in [1.54, 1.807) is 18.3 Å². The first-order chi connectivity index (χ1) is 10.7. The van der Waals surface area contributed by atoms with Crippen molar-refractivity contribution in [3.8, 4) is 0 Å². The number of rotatable bonds is 5. The number of carbonyl (C=O) groups is 2. The van der Waals surface area contributed by atoms with Crippen molar-refractivity contribution in [3.63, 3.8) is 0 Å². The van der Waals surface area contributed by atoms with Crippen LogP contribution in [0.4, 0.5) is 0 Å². The third-order valence-corrected chi connectivity index (χ3v) is 4.74. The lowest BCUT2D eigenvalue weighted by atomic mass is 9.92. The van der Waals surface area contributed by atoms with Crippen LogP contribution in [-0.2, 0) is 4.79 Å². The summed E-state index contributed by atoms with van der Waals surface area (Å²) in [5.74, 6) is 0.143. The molecule has 1 aliphatic carbocycles. The second kappa shape index (κ2) is 9.20. The van der Waals surface area contributed by atoms with E-state index in [9.17, 15) is 9.59 Å². The fourth-order valence-electron chi connectivity index (χ4n) is 3.28. The Balaban J connectivity index is 0.00000144. The highest BCUT2D eigenvalue weighted by Crippen LogP contribution is 2.58. The van der Waals surface area contributed by atoms with E-state index in [4.69, 9.17) is 0 Å². The fraction of sp³-hybridized carbons (Fsp3) is 0.562. The molecule has 1 aromatic heterocycles. The SMILES string of the molecule is Cl.Cl.O=C(NCCNC(=O)C1CC12CCNCC2)c1cccnc1. The standard InChI is InChI=1S/C16H22N4O2.2ClH/c21-14(12-2-1-5-18-11-12)19-8-9-20-15(22)13-10-16(13)3-6-17-7-4-16;;/h1-2,5,11,13,17H,3-4,6-10H2,(H,19,21)(H,20,22);2*1H. The molecule has 6 nitrogen and oxygen atoms in total. The molecule has 1 aromatic rings. The molecule has 3 rings (SSSR count). The minimum absolute atomic E-state index is 0. The van der Waals surface area contributed by atoms with Crippen molar-refractivity contribution < 1.29 is 9.59 Å². The molecule has 1 unspecified atom stereocenters. The molecule has 0 bridgehead atoms. The number of hydrogen-bond acceptors (Lipinski definition) is 4. The van der Waals surface area contributed by atoms with Gasteiger partial charge >= 0.3 is 0 Å². The summed E-state index contributed by atoms with van der Waals surface area (Å²) in [6.45, 7) is 2.94. The molecule has 2 heterocycles. The Kier molecular flexibility index (Phi) is 7.93. The minimum atomic E-state index is -0.163. The van der Waals surface area contributed by atoms with Crippen molar-refractivity contribution in [2.45, 2.75) is 19.3 Å². The van der Waals surface area contributed by atoms with Crippen LogP contribution in [-0.4, -0.2) is 43.0 Å². The Bertz CT molecular complexity index is 550. The summed E-state index contributed by atoms with van der Waals surface area (Å²) in [7, 11) is 0. The second-order valence-corrected chi connectivity index (χ2v) is 6.16. The summed E-state index contributed by atoms with van der Waals surface area (Å²) in [6.07, 6.45) is 6.37. The summed E-state index contributed by atoms with van der Waals surface area (Å²) in [4.78, 5) is 27.9. The largest absolute Gasteiger partial charge is 0.354 e. The lowest BCUT2D eigenvalue weighted by Gasteiger charge is -2.23. The van der Waals surface area contributed by atoms with Crippen molar-refractivity contribution in [1.82, 2.24) is 20.9 Å². The third-order valence-electron chi connectivity index (χ3n) is 4.74. The highest BCUT2D eigenvalue weighted by atomic mass is 35.5. The quantitative estimate of drug-likeness (QED) is 0.675. The predicted octanol–water partition coefficient (Wildman–Crippen LogP) is 1.16. The highest BCUT2D eigenvalue weighted by molar-refractivity contribution is 5.93. The van der Waals surface area contributed by atoms with Gasteiger partial charge in [-0.1, -0.05) is 0 Å². The maximum atomic E-state index is 12.1. The minimum Gasteiger partial charge on any atom is -0.354 e. The Morgan fingerprint density at radius 3 is 2.58 bits per heavy atom. The Hall–Kier alpha value is -1.37. The number of aromatic nitrogens is 1. The summed E-state index contributed by atoms with van der Waals surface area (Å²) >= 11 is 0. The molecule has 1 saturated carbocycles. The van der Waals surface area contributed by atoms with Gasteiger partial charge in [0.05, 0.1) is 5.56 Å². The highest BCUT2D eigenvalue weighted by Gasteiger charge is 2.57. The van der Waals surface area contributed by atoms with Gasteiger partial charge < -0.3 is 16.0 Å². The average molecular weight is 375 g/mol. The smallest absolute Gasteiger partial charge is 0.252 e. The molecule has 8 heteroatoms. The number of halogens is 2. The zero-order chi connectivity index (χ0) is 15.4. The van der Waals surface area contributed by atoms with Gasteiger partial charge in [-0.2, -0.15) is 0 Å². The number of amides is 2. The van der Waals surface area contributed by atoms with Crippen LogP contribution >= 0.6 is 24.8 Å². The van der Waals surface area contributed by atoms with Crippen molar-refractivity contribution in [3.05, 3.63) is 30.1 Å². The molecule has 134 valence electrons. The molecule has 1 atom stereocenters. The van der Waals surface area contributed by atoms with E-state index in [2.05, 4.69) is 20.9 Å². The van der Waals surface area contributed by atoms with Crippen LogP contribution < -0.4 is 16.0 Å². The summed E-state index contributed by atoms with van der Waals surface area (Å²) < 4.78 is 0. The van der Waals surface area contributed by atoms with Crippen molar-refractivity contribution >= 4 is 36.6 Å². The second-order valence-electron chi connectivity index (χ2n) is 6.16. The van der Waals surface area contributed by atoms with Gasteiger partial charge in [-0.3, -0.25) is 14.6 Å². The van der Waals surface area contributed by atoms with E-state index in [-0.39, 0.29) is 48.0 Å². The molecular weight excluding hydrogens is 351 g/mol. The summed E-state index contributed by atoms with van der Waals surface area (Å²) in [6, 6.07) is 3.44. The zero-order valence-electron chi connectivity index (χ0n) is 13.4. The van der Waals surface area contributed by atoms with Crippen LogP contribution in [0.25, 0.3) is 0 Å². The maximum Gasteiger partial charge on any atom is 0.252 e. The monoisotopic (exact) mass is 374 g/mol. The number of nitrogens with zero attached hydrogens (tertiary/aromatic N) is 1. The Morgan fingerprint density at radius 1 is 1.21 bits per heavy atom. The average Bonchev–Trinajstić information content (AvgIpc) is 3.26. The van der Waals surface area contributed by atoms with Crippen LogP contribution in [0.15, 0.2) is 24.5 Å². The van der Waals surface area contributed by atoms with Gasteiger partial charge in [-0.05, 0) is 49.9 Å². The molecule has 2 aliphatic rings. The van der Waals surface area contributed by atoms with Gasteiger partial charge in [0.1, 0.15) is 0 Å². The van der Waals surface area contributed by atoms with Crippen molar-refractivity contribution in [2.24, 2.45) is 11.3 Å². The van der Waals surface area contributed by atoms with Gasteiger partial charge in [-0.25, -0.2) is 0 Å². The van der Waals surface area contributed by atoms with Gasteiger partial charge in [-0.15, -0.1) is 24.8 Å².